The predicted octanol–water partition coefficient (Wildman–Crippen LogP) is 0.111. The Morgan fingerprint density at radius 1 is 1.30 bits per heavy atom. The molecule has 60 valence electrons. The Morgan fingerprint density at radius 3 is 2.40 bits per heavy atom. The van der Waals surface area contributed by atoms with Crippen molar-refractivity contribution >= 4 is 0 Å². The summed E-state index contributed by atoms with van der Waals surface area (Å²) >= 11 is 0. The van der Waals surface area contributed by atoms with E-state index < -0.39 is 12.4 Å². The molecule has 1 heterocycles. The minimum Gasteiger partial charge on any atom is -0.390 e. The van der Waals surface area contributed by atoms with Crippen LogP contribution in [-0.2, 0) is 4.74 Å². The molecule has 1 rings (SSSR count). The van der Waals surface area contributed by atoms with E-state index in [2.05, 4.69) is 0 Å². The van der Waals surface area contributed by atoms with Crippen molar-refractivity contribution in [1.29, 1.82) is 0 Å². The molecule has 0 radical (unpaired) electrons. The van der Waals surface area contributed by atoms with E-state index in [9.17, 15) is 5.11 Å². The van der Waals surface area contributed by atoms with E-state index in [0.29, 0.717) is 6.42 Å². The molecule has 3 nitrogen and oxygen atoms in total. The van der Waals surface area contributed by atoms with Gasteiger partial charge in [-0.25, -0.2) is 0 Å². The highest BCUT2D eigenvalue weighted by molar-refractivity contribution is 4.76. The Morgan fingerprint density at radius 2 is 1.90 bits per heavy atom. The molecule has 1 saturated heterocycles. The van der Waals surface area contributed by atoms with Crippen molar-refractivity contribution in [3.05, 3.63) is 0 Å². The first-order chi connectivity index (χ1) is 4.61. The lowest BCUT2D eigenvalue weighted by Crippen LogP contribution is -2.42. The van der Waals surface area contributed by atoms with Gasteiger partial charge in [0.25, 0.3) is 0 Å². The number of hydrogen-bond acceptors (Lipinski definition) is 3. The van der Waals surface area contributed by atoms with Crippen LogP contribution in [0.15, 0.2) is 0 Å². The zero-order chi connectivity index (χ0) is 7.72. The van der Waals surface area contributed by atoms with Gasteiger partial charge in [0.15, 0.2) is 6.29 Å². The number of aliphatic hydroxyl groups is 2. The van der Waals surface area contributed by atoms with Crippen LogP contribution in [0.3, 0.4) is 0 Å². The van der Waals surface area contributed by atoms with Gasteiger partial charge in [0, 0.05) is 6.42 Å². The number of aliphatic hydroxyl groups excluding tert-OH is 2. The van der Waals surface area contributed by atoms with Crippen LogP contribution in [0.4, 0.5) is 0 Å². The fraction of sp³-hybridized carbons (Fsp3) is 1.00. The molecule has 0 aromatic heterocycles. The number of hydrogen-bond donors (Lipinski definition) is 2. The van der Waals surface area contributed by atoms with E-state index in [4.69, 9.17) is 9.84 Å². The summed E-state index contributed by atoms with van der Waals surface area (Å²) in [5, 5.41) is 18.4. The summed E-state index contributed by atoms with van der Waals surface area (Å²) in [5.74, 6) is 0.138. The van der Waals surface area contributed by atoms with Crippen molar-refractivity contribution in [3.8, 4) is 0 Å². The Kier molecular flexibility index (Phi) is 2.28. The van der Waals surface area contributed by atoms with Crippen molar-refractivity contribution in [2.24, 2.45) is 5.92 Å². The lowest BCUT2D eigenvalue weighted by Gasteiger charge is -2.33. The minimum atomic E-state index is -0.687. The van der Waals surface area contributed by atoms with Crippen molar-refractivity contribution in [2.75, 3.05) is 0 Å². The second-order valence-electron chi connectivity index (χ2n) is 3.00. The summed E-state index contributed by atoms with van der Waals surface area (Å²) in [6.07, 6.45) is -0.818. The normalized spacial score (nSPS) is 49.2. The molecule has 0 aromatic carbocycles. The summed E-state index contributed by atoms with van der Waals surface area (Å²) in [6.45, 7) is 3.68. The number of rotatable bonds is 0. The van der Waals surface area contributed by atoms with Crippen molar-refractivity contribution < 1.29 is 14.9 Å². The molecule has 2 N–H and O–H groups in total. The Labute approximate surface area is 60.6 Å². The highest BCUT2D eigenvalue weighted by Gasteiger charge is 2.30. The van der Waals surface area contributed by atoms with Gasteiger partial charge in [0.05, 0.1) is 12.2 Å². The summed E-state index contributed by atoms with van der Waals surface area (Å²) in [4.78, 5) is 0. The van der Waals surface area contributed by atoms with Gasteiger partial charge in [-0.05, 0) is 12.8 Å². The second-order valence-corrected chi connectivity index (χ2v) is 3.00. The van der Waals surface area contributed by atoms with Crippen LogP contribution in [0.5, 0.6) is 0 Å². The van der Waals surface area contributed by atoms with Gasteiger partial charge in [-0.3, -0.25) is 0 Å². The first-order valence-corrected chi connectivity index (χ1v) is 3.63. The average molecular weight is 146 g/mol. The zero-order valence-corrected chi connectivity index (χ0v) is 6.32. The molecular weight excluding hydrogens is 132 g/mol. The molecule has 3 heteroatoms. The van der Waals surface area contributed by atoms with E-state index in [-0.39, 0.29) is 12.0 Å². The second kappa shape index (κ2) is 2.86. The molecule has 0 amide bonds. The summed E-state index contributed by atoms with van der Waals surface area (Å²) in [5.41, 5.74) is 0. The smallest absolute Gasteiger partial charge is 0.155 e. The topological polar surface area (TPSA) is 49.7 Å². The van der Waals surface area contributed by atoms with Crippen molar-refractivity contribution in [1.82, 2.24) is 0 Å². The predicted molar refractivity (Wildman–Crippen MR) is 36.3 cm³/mol. The SMILES string of the molecule is C[C@@H]1C[C@H](O)O[C@H](C)[C@H]1O. The van der Waals surface area contributed by atoms with Gasteiger partial charge < -0.3 is 14.9 Å². The molecular formula is C7H14O3. The van der Waals surface area contributed by atoms with Gasteiger partial charge in [-0.2, -0.15) is 0 Å². The molecule has 1 aliphatic heterocycles. The molecule has 1 fully saturated rings. The lowest BCUT2D eigenvalue weighted by molar-refractivity contribution is -0.209. The van der Waals surface area contributed by atoms with Crippen molar-refractivity contribution in [3.63, 3.8) is 0 Å². The third-order valence-electron chi connectivity index (χ3n) is 2.01. The minimum absolute atomic E-state index is 0.138. The van der Waals surface area contributed by atoms with Gasteiger partial charge >= 0.3 is 0 Å². The highest BCUT2D eigenvalue weighted by Crippen LogP contribution is 2.23. The summed E-state index contributed by atoms with van der Waals surface area (Å²) < 4.78 is 4.97. The fourth-order valence-corrected chi connectivity index (χ4v) is 1.30. The standard InChI is InChI=1S/C7H14O3/c1-4-3-6(8)10-5(2)7(4)9/h4-9H,3H2,1-2H3/t4-,5-,6-,7+/m1/s1. The molecule has 10 heavy (non-hydrogen) atoms. The van der Waals surface area contributed by atoms with Gasteiger partial charge in [-0.1, -0.05) is 6.92 Å². The molecule has 4 atom stereocenters. The quantitative estimate of drug-likeness (QED) is 0.510. The van der Waals surface area contributed by atoms with Gasteiger partial charge in [0.2, 0.25) is 0 Å². The number of ether oxygens (including phenoxy) is 1. The molecule has 0 unspecified atom stereocenters. The summed E-state index contributed by atoms with van der Waals surface area (Å²) in [7, 11) is 0. The van der Waals surface area contributed by atoms with Crippen molar-refractivity contribution in [2.45, 2.75) is 38.8 Å². The van der Waals surface area contributed by atoms with Gasteiger partial charge in [0.1, 0.15) is 0 Å². The van der Waals surface area contributed by atoms with Crippen LogP contribution in [0, 0.1) is 5.92 Å². The molecule has 0 aromatic rings. The first-order valence-electron chi connectivity index (χ1n) is 3.63. The lowest BCUT2D eigenvalue weighted by atomic mass is 9.94. The van der Waals surface area contributed by atoms with E-state index >= 15 is 0 Å². The van der Waals surface area contributed by atoms with Crippen LogP contribution < -0.4 is 0 Å². The zero-order valence-electron chi connectivity index (χ0n) is 6.32. The van der Waals surface area contributed by atoms with Crippen LogP contribution in [-0.4, -0.2) is 28.7 Å². The summed E-state index contributed by atoms with van der Waals surface area (Å²) in [6, 6.07) is 0. The van der Waals surface area contributed by atoms with Crippen LogP contribution in [0.25, 0.3) is 0 Å². The molecule has 0 saturated carbocycles. The van der Waals surface area contributed by atoms with E-state index in [1.54, 1.807) is 6.92 Å². The van der Waals surface area contributed by atoms with Gasteiger partial charge in [-0.15, -0.1) is 0 Å². The average Bonchev–Trinajstić information content (AvgIpc) is 1.82. The molecule has 0 spiro atoms. The highest BCUT2D eigenvalue weighted by atomic mass is 16.6. The van der Waals surface area contributed by atoms with E-state index in [1.165, 1.54) is 0 Å². The molecule has 1 aliphatic rings. The molecule has 0 aliphatic carbocycles. The Bertz CT molecular complexity index is 103. The molecule has 0 bridgehead atoms. The largest absolute Gasteiger partial charge is 0.390 e. The van der Waals surface area contributed by atoms with E-state index in [1.807, 2.05) is 6.92 Å². The maximum Gasteiger partial charge on any atom is 0.155 e. The van der Waals surface area contributed by atoms with E-state index in [0.717, 1.165) is 0 Å². The first kappa shape index (κ1) is 7.98. The van der Waals surface area contributed by atoms with Crippen LogP contribution >= 0.6 is 0 Å². The fourth-order valence-electron chi connectivity index (χ4n) is 1.30. The third-order valence-corrected chi connectivity index (χ3v) is 2.01. The van der Waals surface area contributed by atoms with Crippen LogP contribution in [0.1, 0.15) is 20.3 Å². The monoisotopic (exact) mass is 146 g/mol. The van der Waals surface area contributed by atoms with Crippen LogP contribution in [0.2, 0.25) is 0 Å². The Balaban J connectivity index is 2.49. The maximum absolute atomic E-state index is 9.33. The Hall–Kier alpha value is -0.120. The third kappa shape index (κ3) is 1.48. The maximum atomic E-state index is 9.33.